The number of nitrogens with one attached hydrogen (secondary N) is 1. The van der Waals surface area contributed by atoms with E-state index in [1.165, 1.54) is 12.1 Å². The van der Waals surface area contributed by atoms with Gasteiger partial charge in [-0.05, 0) is 48.4 Å². The van der Waals surface area contributed by atoms with Crippen molar-refractivity contribution in [2.75, 3.05) is 6.54 Å². The van der Waals surface area contributed by atoms with Gasteiger partial charge >= 0.3 is 0 Å². The Labute approximate surface area is 158 Å². The summed E-state index contributed by atoms with van der Waals surface area (Å²) in [6.45, 7) is 4.15. The number of rotatable bonds is 4. The highest BCUT2D eigenvalue weighted by Gasteiger charge is 2.07. The summed E-state index contributed by atoms with van der Waals surface area (Å²) in [5, 5.41) is 21.8. The molecule has 0 fully saturated rings. The molecule has 0 aromatic heterocycles. The Morgan fingerprint density at radius 2 is 1.88 bits per heavy atom. The van der Waals surface area contributed by atoms with E-state index in [1.54, 1.807) is 24.3 Å². The number of phenolic OH excluding ortho intramolecular Hbond substituents is 1. The van der Waals surface area contributed by atoms with E-state index in [9.17, 15) is 9.90 Å². The van der Waals surface area contributed by atoms with Crippen molar-refractivity contribution in [3.63, 3.8) is 0 Å². The Morgan fingerprint density at radius 1 is 1.19 bits per heavy atom. The van der Waals surface area contributed by atoms with Crippen molar-refractivity contribution < 1.29 is 9.90 Å². The van der Waals surface area contributed by atoms with Gasteiger partial charge in [0, 0.05) is 23.6 Å². The molecule has 0 unspecified atom stereocenters. The fraction of sp³-hybridized carbons (Fsp3) is 0.238. The van der Waals surface area contributed by atoms with Crippen LogP contribution in [0.3, 0.4) is 0 Å². The molecule has 4 nitrogen and oxygen atoms in total. The van der Waals surface area contributed by atoms with Gasteiger partial charge in [0.15, 0.2) is 0 Å². The maximum Gasteiger partial charge on any atom is 0.222 e. The van der Waals surface area contributed by atoms with Crippen molar-refractivity contribution in [2.45, 2.75) is 20.3 Å². The average Bonchev–Trinajstić information content (AvgIpc) is 2.61. The van der Waals surface area contributed by atoms with Crippen LogP contribution in [0.2, 0.25) is 5.02 Å². The van der Waals surface area contributed by atoms with E-state index in [0.29, 0.717) is 29.1 Å². The van der Waals surface area contributed by atoms with E-state index < -0.39 is 0 Å². The molecule has 0 atom stereocenters. The van der Waals surface area contributed by atoms with Crippen LogP contribution in [0.5, 0.6) is 5.75 Å². The van der Waals surface area contributed by atoms with Gasteiger partial charge < -0.3 is 10.4 Å². The Bertz CT molecular complexity index is 918. The normalized spacial score (nSPS) is 9.96. The van der Waals surface area contributed by atoms with Crippen molar-refractivity contribution in [3.05, 3.63) is 63.7 Å². The molecule has 26 heavy (non-hydrogen) atoms. The highest BCUT2D eigenvalue weighted by Crippen LogP contribution is 2.21. The number of halogens is 1. The van der Waals surface area contributed by atoms with Crippen LogP contribution in [0.1, 0.15) is 36.1 Å². The first-order valence-electron chi connectivity index (χ1n) is 8.22. The van der Waals surface area contributed by atoms with E-state index in [1.807, 2.05) is 13.8 Å². The van der Waals surface area contributed by atoms with E-state index in [0.717, 1.165) is 11.1 Å². The molecule has 0 radical (unpaired) electrons. The molecule has 2 rings (SSSR count). The number of carbonyl (C=O) groups excluding carboxylic acids is 1. The summed E-state index contributed by atoms with van der Waals surface area (Å²) in [6.07, 6.45) is 0.571. The third-order valence-corrected chi connectivity index (χ3v) is 4.05. The van der Waals surface area contributed by atoms with Gasteiger partial charge in [-0.25, -0.2) is 0 Å². The predicted octanol–water partition coefficient (Wildman–Crippen LogP) is 3.63. The molecule has 0 saturated carbocycles. The molecule has 0 aliphatic heterocycles. The van der Waals surface area contributed by atoms with Gasteiger partial charge in [0.25, 0.3) is 0 Å². The highest BCUT2D eigenvalue weighted by atomic mass is 35.5. The number of carbonyl (C=O) groups is 1. The molecular formula is C21H19ClN2O2. The minimum atomic E-state index is -0.0728. The highest BCUT2D eigenvalue weighted by molar-refractivity contribution is 6.31. The Balaban J connectivity index is 2.24. The number of phenols is 1. The third kappa shape index (κ3) is 5.28. The van der Waals surface area contributed by atoms with Crippen molar-refractivity contribution >= 4 is 17.5 Å². The summed E-state index contributed by atoms with van der Waals surface area (Å²) >= 11 is 6.08. The van der Waals surface area contributed by atoms with Crippen molar-refractivity contribution in [3.8, 4) is 23.7 Å². The summed E-state index contributed by atoms with van der Waals surface area (Å²) in [7, 11) is 0. The summed E-state index contributed by atoms with van der Waals surface area (Å²) < 4.78 is 0. The van der Waals surface area contributed by atoms with Crippen LogP contribution in [-0.2, 0) is 11.2 Å². The van der Waals surface area contributed by atoms with Gasteiger partial charge in [-0.3, -0.25) is 4.79 Å². The summed E-state index contributed by atoms with van der Waals surface area (Å²) in [5.74, 6) is 6.05. The molecule has 1 amide bonds. The van der Waals surface area contributed by atoms with Crippen molar-refractivity contribution in [1.29, 1.82) is 5.26 Å². The van der Waals surface area contributed by atoms with Gasteiger partial charge in [0.05, 0.1) is 16.7 Å². The summed E-state index contributed by atoms with van der Waals surface area (Å²) in [5.41, 5.74) is 2.80. The maximum atomic E-state index is 11.7. The molecule has 0 saturated heterocycles. The van der Waals surface area contributed by atoms with Crippen LogP contribution >= 0.6 is 11.6 Å². The molecule has 132 valence electrons. The summed E-state index contributed by atoms with van der Waals surface area (Å²) in [6, 6.07) is 12.0. The first-order valence-corrected chi connectivity index (χ1v) is 8.59. The second kappa shape index (κ2) is 8.94. The van der Waals surface area contributed by atoms with E-state index in [4.69, 9.17) is 16.9 Å². The topological polar surface area (TPSA) is 73.1 Å². The minimum Gasteiger partial charge on any atom is -0.508 e. The van der Waals surface area contributed by atoms with Crippen LogP contribution in [0.15, 0.2) is 36.4 Å². The number of hydrogen-bond acceptors (Lipinski definition) is 3. The maximum absolute atomic E-state index is 11.7. The zero-order valence-electron chi connectivity index (χ0n) is 14.6. The smallest absolute Gasteiger partial charge is 0.222 e. The van der Waals surface area contributed by atoms with Crippen LogP contribution in [-0.4, -0.2) is 17.6 Å². The Morgan fingerprint density at radius 3 is 2.54 bits per heavy atom. The van der Waals surface area contributed by atoms with Crippen molar-refractivity contribution in [1.82, 2.24) is 5.32 Å². The van der Waals surface area contributed by atoms with Gasteiger partial charge in [-0.2, -0.15) is 5.26 Å². The second-order valence-corrected chi connectivity index (χ2v) is 6.50. The number of nitrogens with zero attached hydrogens (tertiary/aromatic N) is 1. The molecule has 2 N–H and O–H groups in total. The lowest BCUT2D eigenvalue weighted by atomic mass is 10.0. The van der Waals surface area contributed by atoms with E-state index in [2.05, 4.69) is 23.2 Å². The lowest BCUT2D eigenvalue weighted by Gasteiger charge is -2.09. The number of benzene rings is 2. The molecule has 0 heterocycles. The number of nitriles is 1. The van der Waals surface area contributed by atoms with E-state index >= 15 is 0 Å². The second-order valence-electron chi connectivity index (χ2n) is 6.09. The molecule has 5 heteroatoms. The Kier molecular flexibility index (Phi) is 6.67. The van der Waals surface area contributed by atoms with Crippen LogP contribution in [0.25, 0.3) is 0 Å². The van der Waals surface area contributed by atoms with Crippen LogP contribution in [0, 0.1) is 29.1 Å². The molecule has 2 aromatic rings. The third-order valence-electron chi connectivity index (χ3n) is 3.74. The zero-order valence-corrected chi connectivity index (χ0v) is 15.4. The molecule has 0 aliphatic carbocycles. The van der Waals surface area contributed by atoms with Gasteiger partial charge in [-0.15, -0.1) is 0 Å². The minimum absolute atomic E-state index is 0.00931. The predicted molar refractivity (Wildman–Crippen MR) is 102 cm³/mol. The largest absolute Gasteiger partial charge is 0.508 e. The first-order chi connectivity index (χ1) is 12.4. The lowest BCUT2D eigenvalue weighted by molar-refractivity contribution is -0.123. The van der Waals surface area contributed by atoms with Crippen LogP contribution in [0.4, 0.5) is 0 Å². The molecular weight excluding hydrogens is 348 g/mol. The lowest BCUT2D eigenvalue weighted by Crippen LogP contribution is -2.29. The van der Waals surface area contributed by atoms with Gasteiger partial charge in [0.1, 0.15) is 5.75 Å². The SMILES string of the molecule is CC(C)C(=O)NCCc1cc(C#N)ccc1C#Cc1ccc(O)cc1Cl. The standard InChI is InChI=1S/C21H19ClN2O2/c1-14(2)21(26)24-10-9-18-11-15(13-23)3-4-16(18)5-6-17-7-8-19(25)12-20(17)22/h3-4,7-8,11-12,14,25H,9-10H2,1-2H3,(H,24,26). The fourth-order valence-electron chi connectivity index (χ4n) is 2.26. The summed E-state index contributed by atoms with van der Waals surface area (Å²) in [4.78, 5) is 11.7. The molecule has 0 aliphatic rings. The number of amides is 1. The average molecular weight is 367 g/mol. The van der Waals surface area contributed by atoms with E-state index in [-0.39, 0.29) is 17.6 Å². The zero-order chi connectivity index (χ0) is 19.1. The monoisotopic (exact) mass is 366 g/mol. The number of hydrogen-bond donors (Lipinski definition) is 2. The fourth-order valence-corrected chi connectivity index (χ4v) is 2.48. The molecule has 0 spiro atoms. The van der Waals surface area contributed by atoms with Crippen molar-refractivity contribution in [2.24, 2.45) is 5.92 Å². The molecule has 2 aromatic carbocycles. The van der Waals surface area contributed by atoms with Gasteiger partial charge in [0.2, 0.25) is 5.91 Å². The molecule has 0 bridgehead atoms. The van der Waals surface area contributed by atoms with Crippen LogP contribution < -0.4 is 5.32 Å². The first kappa shape index (κ1) is 19.4. The van der Waals surface area contributed by atoms with Gasteiger partial charge in [-0.1, -0.05) is 37.3 Å². The quantitative estimate of drug-likeness (QED) is 0.811. The number of aromatic hydroxyl groups is 1. The Hall–Kier alpha value is -2.95.